The molecule has 2 aromatic heterocycles. The molecule has 136 valence electrons. The number of aromatic nitrogens is 3. The molecular weight excluding hydrogens is 318 g/mol. The standard InChI is InChI=1S/C18H27N5O2/c1-13(17-14(2)20-25-15(17)3)18(24)23-7-5-6-22(8-9-23)12-16-10-19-21(4)11-16/h10-11,13H,5-9,12H2,1-4H3/t13-/m0/s1. The number of aryl methyl sites for hydroxylation is 3. The maximum absolute atomic E-state index is 12.9. The van der Waals surface area contributed by atoms with E-state index in [4.69, 9.17) is 4.52 Å². The van der Waals surface area contributed by atoms with Crippen LogP contribution >= 0.6 is 0 Å². The second kappa shape index (κ2) is 7.39. The van der Waals surface area contributed by atoms with E-state index in [1.165, 1.54) is 5.56 Å². The molecule has 1 atom stereocenters. The Balaban J connectivity index is 1.61. The van der Waals surface area contributed by atoms with Crippen LogP contribution in [0.1, 0.15) is 41.8 Å². The van der Waals surface area contributed by atoms with Gasteiger partial charge < -0.3 is 9.42 Å². The van der Waals surface area contributed by atoms with Gasteiger partial charge in [-0.3, -0.25) is 14.4 Å². The first-order valence-corrected chi connectivity index (χ1v) is 8.87. The Hall–Kier alpha value is -2.15. The van der Waals surface area contributed by atoms with Gasteiger partial charge in [0.25, 0.3) is 0 Å². The van der Waals surface area contributed by atoms with Gasteiger partial charge in [-0.15, -0.1) is 0 Å². The Morgan fingerprint density at radius 2 is 2.08 bits per heavy atom. The van der Waals surface area contributed by atoms with E-state index < -0.39 is 0 Å². The van der Waals surface area contributed by atoms with Crippen LogP contribution < -0.4 is 0 Å². The van der Waals surface area contributed by atoms with Gasteiger partial charge in [-0.25, -0.2) is 0 Å². The molecule has 1 fully saturated rings. The summed E-state index contributed by atoms with van der Waals surface area (Å²) >= 11 is 0. The molecule has 0 unspecified atom stereocenters. The molecule has 7 nitrogen and oxygen atoms in total. The monoisotopic (exact) mass is 345 g/mol. The van der Waals surface area contributed by atoms with Crippen molar-refractivity contribution in [1.82, 2.24) is 24.7 Å². The average molecular weight is 345 g/mol. The summed E-state index contributed by atoms with van der Waals surface area (Å²) in [6.07, 6.45) is 4.95. The molecule has 0 bridgehead atoms. The molecule has 0 saturated carbocycles. The van der Waals surface area contributed by atoms with Crippen molar-refractivity contribution in [3.8, 4) is 0 Å². The van der Waals surface area contributed by atoms with Crippen molar-refractivity contribution in [1.29, 1.82) is 0 Å². The molecule has 2 aromatic rings. The molecule has 0 aromatic carbocycles. The van der Waals surface area contributed by atoms with E-state index in [0.717, 1.165) is 56.2 Å². The summed E-state index contributed by atoms with van der Waals surface area (Å²) < 4.78 is 7.05. The molecule has 0 aliphatic carbocycles. The van der Waals surface area contributed by atoms with E-state index in [1.807, 2.05) is 49.8 Å². The molecule has 1 saturated heterocycles. The predicted octanol–water partition coefficient (Wildman–Crippen LogP) is 1.86. The lowest BCUT2D eigenvalue weighted by atomic mass is 9.98. The van der Waals surface area contributed by atoms with Crippen molar-refractivity contribution in [2.75, 3.05) is 26.2 Å². The summed E-state index contributed by atoms with van der Waals surface area (Å²) in [6.45, 7) is 10.0. The first-order chi connectivity index (χ1) is 12.0. The van der Waals surface area contributed by atoms with Gasteiger partial charge in [-0.1, -0.05) is 5.16 Å². The summed E-state index contributed by atoms with van der Waals surface area (Å²) in [4.78, 5) is 17.3. The highest BCUT2D eigenvalue weighted by molar-refractivity contribution is 5.83. The third-order valence-electron chi connectivity index (χ3n) is 4.96. The second-order valence-electron chi connectivity index (χ2n) is 6.94. The molecule has 1 aliphatic heterocycles. The zero-order valence-electron chi connectivity index (χ0n) is 15.5. The molecule has 1 aliphatic rings. The lowest BCUT2D eigenvalue weighted by Crippen LogP contribution is -2.37. The SMILES string of the molecule is Cc1noc(C)c1[C@H](C)C(=O)N1CCCN(Cc2cnn(C)c2)CC1. The Labute approximate surface area is 148 Å². The highest BCUT2D eigenvalue weighted by Gasteiger charge is 2.28. The van der Waals surface area contributed by atoms with Gasteiger partial charge in [-0.05, 0) is 27.2 Å². The van der Waals surface area contributed by atoms with Crippen LogP contribution in [0.25, 0.3) is 0 Å². The average Bonchev–Trinajstić information content (AvgIpc) is 3.04. The second-order valence-corrected chi connectivity index (χ2v) is 6.94. The Bertz CT molecular complexity index is 716. The summed E-state index contributed by atoms with van der Waals surface area (Å²) in [7, 11) is 1.93. The lowest BCUT2D eigenvalue weighted by molar-refractivity contribution is -0.132. The number of hydrogen-bond donors (Lipinski definition) is 0. The molecule has 7 heteroatoms. The fourth-order valence-corrected chi connectivity index (χ4v) is 3.67. The van der Waals surface area contributed by atoms with Crippen LogP contribution in [0.4, 0.5) is 0 Å². The number of nitrogens with zero attached hydrogens (tertiary/aromatic N) is 5. The van der Waals surface area contributed by atoms with Crippen molar-refractivity contribution in [3.63, 3.8) is 0 Å². The van der Waals surface area contributed by atoms with Gasteiger partial charge in [0.05, 0.1) is 17.8 Å². The third kappa shape index (κ3) is 3.92. The van der Waals surface area contributed by atoms with Crippen molar-refractivity contribution in [2.24, 2.45) is 7.05 Å². The smallest absolute Gasteiger partial charge is 0.230 e. The van der Waals surface area contributed by atoms with Crippen molar-refractivity contribution >= 4 is 5.91 Å². The molecule has 0 spiro atoms. The number of carbonyl (C=O) groups is 1. The minimum atomic E-state index is -0.212. The summed E-state index contributed by atoms with van der Waals surface area (Å²) in [5.74, 6) is 0.695. The molecule has 25 heavy (non-hydrogen) atoms. The van der Waals surface area contributed by atoms with Gasteiger partial charge in [0.2, 0.25) is 5.91 Å². The quantitative estimate of drug-likeness (QED) is 0.846. The van der Waals surface area contributed by atoms with E-state index in [2.05, 4.69) is 15.2 Å². The minimum absolute atomic E-state index is 0.164. The van der Waals surface area contributed by atoms with Crippen molar-refractivity contribution < 1.29 is 9.32 Å². The molecule has 3 heterocycles. The highest BCUT2D eigenvalue weighted by atomic mass is 16.5. The van der Waals surface area contributed by atoms with Crippen LogP contribution in [0.5, 0.6) is 0 Å². The van der Waals surface area contributed by atoms with Crippen LogP contribution in [0.15, 0.2) is 16.9 Å². The van der Waals surface area contributed by atoms with Crippen LogP contribution in [-0.4, -0.2) is 56.8 Å². The first kappa shape index (κ1) is 17.7. The Morgan fingerprint density at radius 3 is 2.72 bits per heavy atom. The highest BCUT2D eigenvalue weighted by Crippen LogP contribution is 2.25. The Kier molecular flexibility index (Phi) is 5.22. The molecule has 3 rings (SSSR count). The topological polar surface area (TPSA) is 67.4 Å². The third-order valence-corrected chi connectivity index (χ3v) is 4.96. The maximum atomic E-state index is 12.9. The summed E-state index contributed by atoms with van der Waals surface area (Å²) in [6, 6.07) is 0. The van der Waals surface area contributed by atoms with E-state index in [-0.39, 0.29) is 11.8 Å². The number of hydrogen-bond acceptors (Lipinski definition) is 5. The molecule has 0 radical (unpaired) electrons. The van der Waals surface area contributed by atoms with Crippen molar-refractivity contribution in [3.05, 3.63) is 35.0 Å². The van der Waals surface area contributed by atoms with Crippen LogP contribution in [0.2, 0.25) is 0 Å². The van der Waals surface area contributed by atoms with Gasteiger partial charge >= 0.3 is 0 Å². The summed E-state index contributed by atoms with van der Waals surface area (Å²) in [5.41, 5.74) is 2.96. The molecular formula is C18H27N5O2. The van der Waals surface area contributed by atoms with Crippen LogP contribution in [0.3, 0.4) is 0 Å². The van der Waals surface area contributed by atoms with Crippen molar-refractivity contribution in [2.45, 2.75) is 39.7 Å². The zero-order chi connectivity index (χ0) is 18.0. The van der Waals surface area contributed by atoms with Crippen LogP contribution in [-0.2, 0) is 18.4 Å². The first-order valence-electron chi connectivity index (χ1n) is 8.87. The largest absolute Gasteiger partial charge is 0.361 e. The zero-order valence-corrected chi connectivity index (χ0v) is 15.5. The van der Waals surface area contributed by atoms with E-state index in [1.54, 1.807) is 0 Å². The molecule has 1 amide bonds. The van der Waals surface area contributed by atoms with E-state index in [0.29, 0.717) is 0 Å². The number of rotatable bonds is 4. The van der Waals surface area contributed by atoms with Gasteiger partial charge in [0, 0.05) is 57.1 Å². The number of carbonyl (C=O) groups excluding carboxylic acids is 1. The normalized spacial score (nSPS) is 17.5. The minimum Gasteiger partial charge on any atom is -0.361 e. The maximum Gasteiger partial charge on any atom is 0.230 e. The fraction of sp³-hybridized carbons (Fsp3) is 0.611. The van der Waals surface area contributed by atoms with Gasteiger partial charge in [-0.2, -0.15) is 5.10 Å². The van der Waals surface area contributed by atoms with Crippen LogP contribution in [0, 0.1) is 13.8 Å². The molecule has 0 N–H and O–H groups in total. The number of amides is 1. The Morgan fingerprint density at radius 1 is 1.28 bits per heavy atom. The van der Waals surface area contributed by atoms with E-state index in [9.17, 15) is 4.79 Å². The predicted molar refractivity (Wildman–Crippen MR) is 94.1 cm³/mol. The summed E-state index contributed by atoms with van der Waals surface area (Å²) in [5, 5.41) is 8.21. The fourth-order valence-electron chi connectivity index (χ4n) is 3.67. The van der Waals surface area contributed by atoms with Gasteiger partial charge in [0.15, 0.2) is 0 Å². The van der Waals surface area contributed by atoms with Gasteiger partial charge in [0.1, 0.15) is 5.76 Å². The lowest BCUT2D eigenvalue weighted by Gasteiger charge is -2.24. The van der Waals surface area contributed by atoms with E-state index >= 15 is 0 Å².